The molecule has 0 aliphatic carbocycles. The van der Waals surface area contributed by atoms with Gasteiger partial charge in [-0.2, -0.15) is 0 Å². The molecule has 7 heteroatoms. The Hall–Kier alpha value is -1.05. The third-order valence-corrected chi connectivity index (χ3v) is 4.87. The fraction of sp³-hybridized carbons (Fsp3) is 0.615. The summed E-state index contributed by atoms with van der Waals surface area (Å²) in [6.07, 6.45) is 3.59. The SMILES string of the molecule is CS(=O)(=O)N1CCCC(CC(O)c2ccc(F)cn2)C1. The monoisotopic (exact) mass is 302 g/mol. The third-order valence-electron chi connectivity index (χ3n) is 3.60. The number of hydrogen-bond donors (Lipinski definition) is 1. The Morgan fingerprint density at radius 3 is 2.90 bits per heavy atom. The quantitative estimate of drug-likeness (QED) is 0.910. The molecule has 1 aliphatic rings. The normalized spacial score (nSPS) is 22.6. The first-order chi connectivity index (χ1) is 9.36. The van der Waals surface area contributed by atoms with Crippen LogP contribution in [0.2, 0.25) is 0 Å². The van der Waals surface area contributed by atoms with Gasteiger partial charge in [0.1, 0.15) is 5.82 Å². The maximum Gasteiger partial charge on any atom is 0.211 e. The van der Waals surface area contributed by atoms with Crippen LogP contribution in [0.5, 0.6) is 0 Å². The summed E-state index contributed by atoms with van der Waals surface area (Å²) in [5.74, 6) is -0.345. The zero-order valence-electron chi connectivity index (χ0n) is 11.4. The van der Waals surface area contributed by atoms with Gasteiger partial charge in [-0.1, -0.05) is 0 Å². The van der Waals surface area contributed by atoms with Crippen LogP contribution in [0, 0.1) is 11.7 Å². The maximum absolute atomic E-state index is 12.8. The molecule has 1 fully saturated rings. The number of pyridine rings is 1. The third kappa shape index (κ3) is 3.97. The number of nitrogens with zero attached hydrogens (tertiary/aromatic N) is 2. The second-order valence-electron chi connectivity index (χ2n) is 5.28. The van der Waals surface area contributed by atoms with Gasteiger partial charge >= 0.3 is 0 Å². The largest absolute Gasteiger partial charge is 0.387 e. The molecule has 2 atom stereocenters. The lowest BCUT2D eigenvalue weighted by atomic mass is 9.92. The zero-order valence-corrected chi connectivity index (χ0v) is 12.2. The van der Waals surface area contributed by atoms with E-state index in [-0.39, 0.29) is 5.92 Å². The van der Waals surface area contributed by atoms with Crippen molar-refractivity contribution in [3.05, 3.63) is 29.8 Å². The van der Waals surface area contributed by atoms with Gasteiger partial charge in [-0.3, -0.25) is 4.98 Å². The highest BCUT2D eigenvalue weighted by Crippen LogP contribution is 2.27. The topological polar surface area (TPSA) is 70.5 Å². The van der Waals surface area contributed by atoms with Gasteiger partial charge in [-0.15, -0.1) is 0 Å². The Balaban J connectivity index is 1.97. The summed E-state index contributed by atoms with van der Waals surface area (Å²) in [7, 11) is -3.18. The molecule has 2 heterocycles. The molecule has 1 saturated heterocycles. The Kier molecular flexibility index (Phi) is 4.72. The van der Waals surface area contributed by atoms with Gasteiger partial charge < -0.3 is 5.11 Å². The molecule has 2 unspecified atom stereocenters. The van der Waals surface area contributed by atoms with Crippen molar-refractivity contribution in [3.63, 3.8) is 0 Å². The molecule has 0 aromatic carbocycles. The molecule has 1 aromatic heterocycles. The van der Waals surface area contributed by atoms with Crippen molar-refractivity contribution in [1.29, 1.82) is 0 Å². The summed E-state index contributed by atoms with van der Waals surface area (Å²) < 4.78 is 37.3. The number of sulfonamides is 1. The van der Waals surface area contributed by atoms with E-state index in [0.717, 1.165) is 19.0 Å². The van der Waals surface area contributed by atoms with E-state index in [0.29, 0.717) is 25.2 Å². The van der Waals surface area contributed by atoms with E-state index < -0.39 is 21.9 Å². The fourth-order valence-electron chi connectivity index (χ4n) is 2.54. The average Bonchev–Trinajstić information content (AvgIpc) is 2.38. The first-order valence-corrected chi connectivity index (χ1v) is 8.45. The first kappa shape index (κ1) is 15.3. The second kappa shape index (κ2) is 6.15. The fourth-order valence-corrected chi connectivity index (χ4v) is 3.48. The Labute approximate surface area is 118 Å². The van der Waals surface area contributed by atoms with Gasteiger partial charge in [0.15, 0.2) is 0 Å². The number of rotatable bonds is 4. The van der Waals surface area contributed by atoms with Gasteiger partial charge in [0.2, 0.25) is 10.0 Å². The van der Waals surface area contributed by atoms with Crippen LogP contribution in [0.3, 0.4) is 0 Å². The molecule has 0 radical (unpaired) electrons. The van der Waals surface area contributed by atoms with Crippen LogP contribution >= 0.6 is 0 Å². The number of hydrogen-bond acceptors (Lipinski definition) is 4. The predicted molar refractivity (Wildman–Crippen MR) is 72.9 cm³/mol. The summed E-state index contributed by atoms with van der Waals surface area (Å²) in [6.45, 7) is 0.970. The summed E-state index contributed by atoms with van der Waals surface area (Å²) in [5, 5.41) is 10.1. The van der Waals surface area contributed by atoms with E-state index in [1.54, 1.807) is 0 Å². The molecule has 20 heavy (non-hydrogen) atoms. The van der Waals surface area contributed by atoms with Crippen LogP contribution in [-0.2, 0) is 10.0 Å². The minimum Gasteiger partial charge on any atom is -0.387 e. The molecule has 0 spiro atoms. The van der Waals surface area contributed by atoms with Crippen molar-refractivity contribution < 1.29 is 17.9 Å². The average molecular weight is 302 g/mol. The van der Waals surface area contributed by atoms with Crippen LogP contribution in [0.15, 0.2) is 18.3 Å². The zero-order chi connectivity index (χ0) is 14.8. The number of piperidine rings is 1. The van der Waals surface area contributed by atoms with E-state index in [2.05, 4.69) is 4.98 Å². The molecule has 1 aliphatic heterocycles. The highest BCUT2D eigenvalue weighted by atomic mass is 32.2. The number of halogens is 1. The molecule has 0 bridgehead atoms. The Morgan fingerprint density at radius 1 is 1.55 bits per heavy atom. The van der Waals surface area contributed by atoms with Gasteiger partial charge in [-0.05, 0) is 37.3 Å². The number of aliphatic hydroxyl groups is 1. The molecule has 2 rings (SSSR count). The molecule has 1 N–H and O–H groups in total. The minimum atomic E-state index is -3.18. The van der Waals surface area contributed by atoms with E-state index in [1.165, 1.54) is 22.7 Å². The van der Waals surface area contributed by atoms with Gasteiger partial charge in [0.25, 0.3) is 0 Å². The maximum atomic E-state index is 12.8. The van der Waals surface area contributed by atoms with Crippen molar-refractivity contribution in [2.45, 2.75) is 25.4 Å². The van der Waals surface area contributed by atoms with E-state index in [4.69, 9.17) is 0 Å². The van der Waals surface area contributed by atoms with Crippen molar-refractivity contribution >= 4 is 10.0 Å². The van der Waals surface area contributed by atoms with E-state index >= 15 is 0 Å². The van der Waals surface area contributed by atoms with E-state index in [9.17, 15) is 17.9 Å². The van der Waals surface area contributed by atoms with Crippen LogP contribution in [0.25, 0.3) is 0 Å². The Bertz CT molecular complexity index is 547. The van der Waals surface area contributed by atoms with Crippen LogP contribution in [0.1, 0.15) is 31.1 Å². The van der Waals surface area contributed by atoms with Crippen LogP contribution in [0.4, 0.5) is 4.39 Å². The van der Waals surface area contributed by atoms with Gasteiger partial charge in [-0.25, -0.2) is 17.1 Å². The molecule has 5 nitrogen and oxygen atoms in total. The lowest BCUT2D eigenvalue weighted by Gasteiger charge is -2.31. The van der Waals surface area contributed by atoms with E-state index in [1.807, 2.05) is 0 Å². The highest BCUT2D eigenvalue weighted by molar-refractivity contribution is 7.88. The van der Waals surface area contributed by atoms with Crippen LogP contribution < -0.4 is 0 Å². The highest BCUT2D eigenvalue weighted by Gasteiger charge is 2.27. The van der Waals surface area contributed by atoms with Crippen molar-refractivity contribution in [2.24, 2.45) is 5.92 Å². The summed E-state index contributed by atoms with van der Waals surface area (Å²) in [5.41, 5.74) is 0.419. The van der Waals surface area contributed by atoms with Crippen molar-refractivity contribution in [1.82, 2.24) is 9.29 Å². The lowest BCUT2D eigenvalue weighted by molar-refractivity contribution is 0.119. The number of aliphatic hydroxyl groups excluding tert-OH is 1. The van der Waals surface area contributed by atoms with Crippen LogP contribution in [-0.4, -0.2) is 42.2 Å². The molecule has 0 saturated carbocycles. The first-order valence-electron chi connectivity index (χ1n) is 6.61. The lowest BCUT2D eigenvalue weighted by Crippen LogP contribution is -2.39. The molecule has 112 valence electrons. The molecule has 0 amide bonds. The summed E-state index contributed by atoms with van der Waals surface area (Å²) >= 11 is 0. The molecular formula is C13H19FN2O3S. The molecule has 1 aromatic rings. The van der Waals surface area contributed by atoms with Gasteiger partial charge in [0.05, 0.1) is 24.3 Å². The number of aromatic nitrogens is 1. The standard InChI is InChI=1S/C13H19FN2O3S/c1-20(18,19)16-6-2-3-10(9-16)7-13(17)12-5-4-11(14)8-15-12/h4-5,8,10,13,17H,2-3,6-7,9H2,1H3. The summed E-state index contributed by atoms with van der Waals surface area (Å²) in [6, 6.07) is 2.71. The smallest absolute Gasteiger partial charge is 0.211 e. The predicted octanol–water partition coefficient (Wildman–Crippen LogP) is 1.32. The minimum absolute atomic E-state index is 0.0975. The van der Waals surface area contributed by atoms with Gasteiger partial charge in [0, 0.05) is 13.1 Å². The second-order valence-corrected chi connectivity index (χ2v) is 7.26. The Morgan fingerprint density at radius 2 is 2.30 bits per heavy atom. The van der Waals surface area contributed by atoms with Crippen molar-refractivity contribution in [3.8, 4) is 0 Å². The summed E-state index contributed by atoms with van der Waals surface area (Å²) in [4.78, 5) is 3.85. The van der Waals surface area contributed by atoms with Crippen molar-refractivity contribution in [2.75, 3.05) is 19.3 Å². The molecular weight excluding hydrogens is 283 g/mol.